The first-order valence-corrected chi connectivity index (χ1v) is 7.52. The van der Waals surface area contributed by atoms with Gasteiger partial charge in [-0.2, -0.15) is 17.0 Å². The Morgan fingerprint density at radius 2 is 1.79 bits per heavy atom. The minimum atomic E-state index is -3.31. The van der Waals surface area contributed by atoms with E-state index in [4.69, 9.17) is 0 Å². The molecule has 0 aliphatic carbocycles. The number of hydrogen-bond donors (Lipinski definition) is 0. The summed E-state index contributed by atoms with van der Waals surface area (Å²) in [6.45, 7) is 4.15. The maximum absolute atomic E-state index is 12.0. The van der Waals surface area contributed by atoms with Crippen molar-refractivity contribution in [2.75, 3.05) is 45.2 Å². The Hall–Kier alpha value is -1.25. The molecule has 1 saturated heterocycles. The first-order chi connectivity index (χ1) is 8.91. The summed E-state index contributed by atoms with van der Waals surface area (Å²) in [6, 6.07) is 1.91. The van der Waals surface area contributed by atoms with Crippen LogP contribution in [0.3, 0.4) is 0 Å². The Labute approximate surface area is 114 Å². The molecular weight excluding hydrogens is 266 g/mol. The quantitative estimate of drug-likeness (QED) is 0.763. The van der Waals surface area contributed by atoms with Crippen molar-refractivity contribution in [1.29, 1.82) is 0 Å². The molecular formula is C11H19N5O2S. The van der Waals surface area contributed by atoms with E-state index in [1.54, 1.807) is 14.1 Å². The number of rotatable bonds is 3. The van der Waals surface area contributed by atoms with Crippen molar-refractivity contribution >= 4 is 16.0 Å². The monoisotopic (exact) mass is 285 g/mol. The summed E-state index contributed by atoms with van der Waals surface area (Å²) in [5.74, 6) is 0.856. The Bertz CT molecular complexity index is 538. The molecule has 1 aliphatic rings. The molecule has 0 amide bonds. The van der Waals surface area contributed by atoms with E-state index in [0.717, 1.165) is 11.5 Å². The first kappa shape index (κ1) is 14.2. The van der Waals surface area contributed by atoms with Crippen LogP contribution in [-0.2, 0) is 10.2 Å². The van der Waals surface area contributed by atoms with Gasteiger partial charge in [-0.05, 0) is 6.92 Å². The van der Waals surface area contributed by atoms with Crippen LogP contribution < -0.4 is 4.90 Å². The molecule has 0 N–H and O–H groups in total. The van der Waals surface area contributed by atoms with Crippen LogP contribution in [0, 0.1) is 6.92 Å². The molecule has 0 saturated carbocycles. The molecule has 0 atom stereocenters. The minimum absolute atomic E-state index is 0.476. The molecule has 0 spiro atoms. The number of anilines is 1. The van der Waals surface area contributed by atoms with Gasteiger partial charge in [0.05, 0.1) is 0 Å². The minimum Gasteiger partial charge on any atom is -0.354 e. The van der Waals surface area contributed by atoms with Crippen LogP contribution in [0.1, 0.15) is 5.69 Å². The van der Waals surface area contributed by atoms with Gasteiger partial charge in [0.25, 0.3) is 10.2 Å². The molecule has 1 aromatic heterocycles. The second kappa shape index (κ2) is 5.40. The molecule has 106 valence electrons. The summed E-state index contributed by atoms with van der Waals surface area (Å²) < 4.78 is 26.7. The van der Waals surface area contributed by atoms with Gasteiger partial charge in [0, 0.05) is 52.0 Å². The van der Waals surface area contributed by atoms with Crippen LogP contribution in [0.15, 0.2) is 12.4 Å². The molecule has 0 unspecified atom stereocenters. The number of hydrogen-bond acceptors (Lipinski definition) is 5. The van der Waals surface area contributed by atoms with Gasteiger partial charge in [-0.1, -0.05) is 0 Å². The molecule has 1 fully saturated rings. The Morgan fingerprint density at radius 3 is 2.32 bits per heavy atom. The van der Waals surface area contributed by atoms with Crippen molar-refractivity contribution in [3.05, 3.63) is 18.1 Å². The topological polar surface area (TPSA) is 69.6 Å². The molecule has 8 heteroatoms. The number of piperazine rings is 1. The number of nitrogens with zero attached hydrogens (tertiary/aromatic N) is 5. The van der Waals surface area contributed by atoms with E-state index < -0.39 is 10.2 Å². The normalized spacial score (nSPS) is 18.0. The highest BCUT2D eigenvalue weighted by Crippen LogP contribution is 2.15. The van der Waals surface area contributed by atoms with E-state index >= 15 is 0 Å². The molecule has 1 aliphatic heterocycles. The second-order valence-electron chi connectivity index (χ2n) is 4.69. The van der Waals surface area contributed by atoms with Crippen LogP contribution in [0.4, 0.5) is 5.82 Å². The lowest BCUT2D eigenvalue weighted by Gasteiger charge is -2.35. The highest BCUT2D eigenvalue weighted by Gasteiger charge is 2.28. The SMILES string of the molecule is Cc1cc(N2CCN(S(=O)(=O)N(C)C)CC2)ncn1. The maximum atomic E-state index is 12.0. The van der Waals surface area contributed by atoms with Crippen molar-refractivity contribution in [2.24, 2.45) is 0 Å². The predicted octanol–water partition coefficient (Wildman–Crippen LogP) is -0.287. The Morgan fingerprint density at radius 1 is 1.16 bits per heavy atom. The van der Waals surface area contributed by atoms with Crippen molar-refractivity contribution in [1.82, 2.24) is 18.6 Å². The lowest BCUT2D eigenvalue weighted by atomic mass is 10.3. The first-order valence-electron chi connectivity index (χ1n) is 6.12. The van der Waals surface area contributed by atoms with Crippen LogP contribution in [0.5, 0.6) is 0 Å². The number of aryl methyl sites for hydroxylation is 1. The summed E-state index contributed by atoms with van der Waals surface area (Å²) in [6.07, 6.45) is 1.54. The third kappa shape index (κ3) is 3.02. The largest absolute Gasteiger partial charge is 0.354 e. The maximum Gasteiger partial charge on any atom is 0.281 e. The fourth-order valence-corrected chi connectivity index (χ4v) is 3.08. The standard InChI is InChI=1S/C11H19N5O2S/c1-10-8-11(13-9-12-10)15-4-6-16(7-5-15)19(17,18)14(2)3/h8-9H,4-7H2,1-3H3. The smallest absolute Gasteiger partial charge is 0.281 e. The van der Waals surface area contributed by atoms with Crippen LogP contribution in [-0.4, -0.2) is 67.3 Å². The van der Waals surface area contributed by atoms with E-state index in [1.807, 2.05) is 13.0 Å². The average Bonchev–Trinajstić information content (AvgIpc) is 2.38. The number of aromatic nitrogens is 2. The average molecular weight is 285 g/mol. The third-order valence-electron chi connectivity index (χ3n) is 3.14. The second-order valence-corrected chi connectivity index (χ2v) is 6.84. The van der Waals surface area contributed by atoms with Gasteiger partial charge in [-0.15, -0.1) is 0 Å². The van der Waals surface area contributed by atoms with E-state index in [-0.39, 0.29) is 0 Å². The van der Waals surface area contributed by atoms with Gasteiger partial charge < -0.3 is 4.90 Å². The third-order valence-corrected chi connectivity index (χ3v) is 5.08. The van der Waals surface area contributed by atoms with Crippen molar-refractivity contribution in [3.8, 4) is 0 Å². The lowest BCUT2D eigenvalue weighted by Crippen LogP contribution is -2.51. The van der Waals surface area contributed by atoms with Gasteiger partial charge in [0.1, 0.15) is 12.1 Å². The zero-order valence-corrected chi connectivity index (χ0v) is 12.3. The highest BCUT2D eigenvalue weighted by atomic mass is 32.2. The highest BCUT2D eigenvalue weighted by molar-refractivity contribution is 7.86. The predicted molar refractivity (Wildman–Crippen MR) is 73.2 cm³/mol. The molecule has 2 rings (SSSR count). The Kier molecular flexibility index (Phi) is 4.02. The summed E-state index contributed by atoms with van der Waals surface area (Å²) in [5, 5.41) is 0. The van der Waals surface area contributed by atoms with Gasteiger partial charge in [0.2, 0.25) is 0 Å². The molecule has 2 heterocycles. The van der Waals surface area contributed by atoms with Gasteiger partial charge in [-0.25, -0.2) is 9.97 Å². The fourth-order valence-electron chi connectivity index (χ4n) is 1.99. The van der Waals surface area contributed by atoms with E-state index in [9.17, 15) is 8.42 Å². The molecule has 19 heavy (non-hydrogen) atoms. The summed E-state index contributed by atoms with van der Waals surface area (Å²) >= 11 is 0. The zero-order chi connectivity index (χ0) is 14.0. The van der Waals surface area contributed by atoms with E-state index in [0.29, 0.717) is 26.2 Å². The van der Waals surface area contributed by atoms with E-state index in [2.05, 4.69) is 14.9 Å². The molecule has 0 aromatic carbocycles. The van der Waals surface area contributed by atoms with Crippen molar-refractivity contribution in [3.63, 3.8) is 0 Å². The Balaban J connectivity index is 2.04. The van der Waals surface area contributed by atoms with E-state index in [1.165, 1.54) is 14.9 Å². The molecule has 0 bridgehead atoms. The van der Waals surface area contributed by atoms with Crippen molar-refractivity contribution in [2.45, 2.75) is 6.92 Å². The van der Waals surface area contributed by atoms with Crippen LogP contribution >= 0.6 is 0 Å². The summed E-state index contributed by atoms with van der Waals surface area (Å²) in [7, 11) is -0.204. The van der Waals surface area contributed by atoms with Gasteiger partial charge >= 0.3 is 0 Å². The fraction of sp³-hybridized carbons (Fsp3) is 0.636. The zero-order valence-electron chi connectivity index (χ0n) is 11.4. The van der Waals surface area contributed by atoms with Crippen LogP contribution in [0.2, 0.25) is 0 Å². The summed E-state index contributed by atoms with van der Waals surface area (Å²) in [5.41, 5.74) is 0.911. The van der Waals surface area contributed by atoms with Gasteiger partial charge in [-0.3, -0.25) is 0 Å². The lowest BCUT2D eigenvalue weighted by molar-refractivity contribution is 0.355. The summed E-state index contributed by atoms with van der Waals surface area (Å²) in [4.78, 5) is 10.4. The van der Waals surface area contributed by atoms with Crippen molar-refractivity contribution < 1.29 is 8.42 Å². The molecule has 0 radical (unpaired) electrons. The molecule has 1 aromatic rings. The molecule has 7 nitrogen and oxygen atoms in total. The van der Waals surface area contributed by atoms with Crippen LogP contribution in [0.25, 0.3) is 0 Å². The van der Waals surface area contributed by atoms with Gasteiger partial charge in [0.15, 0.2) is 0 Å².